The molecule has 3 heteroatoms. The van der Waals surface area contributed by atoms with E-state index < -0.39 is 0 Å². The zero-order valence-corrected chi connectivity index (χ0v) is 9.24. The van der Waals surface area contributed by atoms with Crippen molar-refractivity contribution in [2.24, 2.45) is 0 Å². The molecule has 0 saturated carbocycles. The first-order valence-electron chi connectivity index (χ1n) is 2.89. The molecule has 0 aromatic carbocycles. The maximum Gasteiger partial charge on any atom is 0.118 e. The van der Waals surface area contributed by atoms with Crippen LogP contribution < -0.4 is 0 Å². The smallest absolute Gasteiger partial charge is 0.118 e. The van der Waals surface area contributed by atoms with E-state index in [1.54, 1.807) is 0 Å². The monoisotopic (exact) mass is 305 g/mol. The Hall–Kier alpha value is -0.232. The van der Waals surface area contributed by atoms with Gasteiger partial charge in [-0.05, 0) is 6.92 Å². The molecule has 0 radical (unpaired) electrons. The number of hydrogen-bond acceptors (Lipinski definition) is 2. The molecule has 0 aliphatic rings. The van der Waals surface area contributed by atoms with Crippen molar-refractivity contribution >= 4 is 0 Å². The number of aryl methyl sites for hydroxylation is 3. The fourth-order valence-electron chi connectivity index (χ4n) is 0.828. The molecular weight excluding hydrogens is 296 g/mol. The van der Waals surface area contributed by atoms with Gasteiger partial charge in [-0.25, -0.2) is 0 Å². The maximum absolute atomic E-state index is 4.07. The van der Waals surface area contributed by atoms with Gasteiger partial charge in [-0.1, -0.05) is 13.8 Å². The summed E-state index contributed by atoms with van der Waals surface area (Å²) in [5, 5.41) is 0. The predicted octanol–water partition coefficient (Wildman–Crippen LogP) is 1.20. The van der Waals surface area contributed by atoms with Crippen molar-refractivity contribution in [2.45, 2.75) is 20.8 Å². The second kappa shape index (κ2) is 3.82. The zero-order valence-electron chi connectivity index (χ0n) is 6.30. The third-order valence-corrected chi connectivity index (χ3v) is 1.02. The molecule has 1 rings (SSSR count). The van der Waals surface area contributed by atoms with Crippen molar-refractivity contribution in [3.8, 4) is 0 Å². The topological polar surface area (TPSA) is 25.8 Å². The van der Waals surface area contributed by atoms with Crippen LogP contribution in [0.3, 0.4) is 0 Å². The molecular formula is C7H9N2W-. The molecule has 1 aromatic heterocycles. The van der Waals surface area contributed by atoms with Crippen LogP contribution in [0.5, 0.6) is 0 Å². The maximum atomic E-state index is 4.07. The average molecular weight is 305 g/mol. The molecule has 0 atom stereocenters. The first kappa shape index (κ1) is 9.77. The minimum atomic E-state index is 0. The summed E-state index contributed by atoms with van der Waals surface area (Å²) >= 11 is 0. The quantitative estimate of drug-likeness (QED) is 0.673. The number of aromatic nitrogens is 2. The number of hydrogen-bond donors (Lipinski definition) is 0. The first-order valence-corrected chi connectivity index (χ1v) is 2.89. The third kappa shape index (κ3) is 2.57. The molecule has 10 heavy (non-hydrogen) atoms. The Morgan fingerprint density at radius 2 is 1.40 bits per heavy atom. The summed E-state index contributed by atoms with van der Waals surface area (Å²) in [6, 6.07) is 2.99. The summed E-state index contributed by atoms with van der Waals surface area (Å²) in [5.41, 5.74) is 1.83. The fourth-order valence-corrected chi connectivity index (χ4v) is 0.828. The van der Waals surface area contributed by atoms with Crippen LogP contribution in [0, 0.1) is 26.8 Å². The van der Waals surface area contributed by atoms with Crippen molar-refractivity contribution < 1.29 is 21.1 Å². The van der Waals surface area contributed by atoms with Gasteiger partial charge in [0.15, 0.2) is 0 Å². The van der Waals surface area contributed by atoms with E-state index in [0.29, 0.717) is 0 Å². The second-order valence-electron chi connectivity index (χ2n) is 2.07. The summed E-state index contributed by atoms with van der Waals surface area (Å²) in [6.45, 7) is 5.72. The summed E-state index contributed by atoms with van der Waals surface area (Å²) in [7, 11) is 0. The molecule has 54 valence electrons. The van der Waals surface area contributed by atoms with Gasteiger partial charge < -0.3 is 6.07 Å². The Kier molecular flexibility index (Phi) is 3.73. The molecule has 1 aromatic rings. The summed E-state index contributed by atoms with van der Waals surface area (Å²) in [5.74, 6) is 0.823. The SMILES string of the molecule is Cc1[c-]c(C)nc(C)n1.[W]. The van der Waals surface area contributed by atoms with Crippen LogP contribution in [0.25, 0.3) is 0 Å². The van der Waals surface area contributed by atoms with Gasteiger partial charge in [0.2, 0.25) is 0 Å². The van der Waals surface area contributed by atoms with Crippen LogP contribution in [0.1, 0.15) is 17.2 Å². The van der Waals surface area contributed by atoms with E-state index in [0.717, 1.165) is 17.2 Å². The van der Waals surface area contributed by atoms with Crippen molar-refractivity contribution in [1.29, 1.82) is 0 Å². The van der Waals surface area contributed by atoms with Gasteiger partial charge in [0.25, 0.3) is 0 Å². The Morgan fingerprint density at radius 3 is 1.70 bits per heavy atom. The zero-order chi connectivity index (χ0) is 6.85. The Labute approximate surface area is 75.4 Å². The summed E-state index contributed by atoms with van der Waals surface area (Å²) < 4.78 is 0. The molecule has 0 fully saturated rings. The van der Waals surface area contributed by atoms with Crippen molar-refractivity contribution in [3.05, 3.63) is 23.3 Å². The van der Waals surface area contributed by atoms with Crippen LogP contribution in [-0.4, -0.2) is 9.97 Å². The van der Waals surface area contributed by atoms with E-state index in [1.807, 2.05) is 20.8 Å². The standard InChI is InChI=1S/C7H9N2.W/c1-5-4-6(2)9-7(3)8-5;/h1-3H3;/q-1;. The molecule has 0 aliphatic carbocycles. The van der Waals surface area contributed by atoms with Crippen LogP contribution >= 0.6 is 0 Å². The third-order valence-electron chi connectivity index (χ3n) is 1.02. The molecule has 0 unspecified atom stereocenters. The molecule has 0 amide bonds. The Balaban J connectivity index is 0.000000810. The van der Waals surface area contributed by atoms with E-state index in [1.165, 1.54) is 0 Å². The fraction of sp³-hybridized carbons (Fsp3) is 0.429. The van der Waals surface area contributed by atoms with Crippen LogP contribution in [-0.2, 0) is 21.1 Å². The number of nitrogens with zero attached hydrogens (tertiary/aromatic N) is 2. The Morgan fingerprint density at radius 1 is 1.00 bits per heavy atom. The van der Waals surface area contributed by atoms with Crippen LogP contribution in [0.2, 0.25) is 0 Å². The molecule has 0 spiro atoms. The minimum Gasteiger partial charge on any atom is -0.427 e. The Bertz CT molecular complexity index is 172. The van der Waals surface area contributed by atoms with Crippen molar-refractivity contribution in [1.82, 2.24) is 9.97 Å². The largest absolute Gasteiger partial charge is 0.427 e. The van der Waals surface area contributed by atoms with Gasteiger partial charge in [0.1, 0.15) is 5.82 Å². The molecule has 0 aliphatic heterocycles. The minimum absolute atomic E-state index is 0. The van der Waals surface area contributed by atoms with E-state index in [4.69, 9.17) is 0 Å². The molecule has 0 saturated heterocycles. The van der Waals surface area contributed by atoms with E-state index in [2.05, 4.69) is 16.0 Å². The first-order chi connectivity index (χ1) is 4.18. The van der Waals surface area contributed by atoms with E-state index >= 15 is 0 Å². The molecule has 0 N–H and O–H groups in total. The van der Waals surface area contributed by atoms with E-state index in [9.17, 15) is 0 Å². The van der Waals surface area contributed by atoms with Crippen molar-refractivity contribution in [3.63, 3.8) is 0 Å². The molecule has 0 bridgehead atoms. The number of rotatable bonds is 0. The van der Waals surface area contributed by atoms with Crippen molar-refractivity contribution in [2.75, 3.05) is 0 Å². The summed E-state index contributed by atoms with van der Waals surface area (Å²) in [4.78, 5) is 8.14. The van der Waals surface area contributed by atoms with Gasteiger partial charge in [-0.2, -0.15) is 0 Å². The van der Waals surface area contributed by atoms with Gasteiger partial charge in [-0.3, -0.25) is 9.97 Å². The molecule has 2 nitrogen and oxygen atoms in total. The van der Waals surface area contributed by atoms with Gasteiger partial charge >= 0.3 is 0 Å². The van der Waals surface area contributed by atoms with Gasteiger partial charge in [-0.15, -0.1) is 11.4 Å². The van der Waals surface area contributed by atoms with Gasteiger partial charge in [0.05, 0.1) is 0 Å². The second-order valence-corrected chi connectivity index (χ2v) is 2.07. The normalized spacial score (nSPS) is 8.70. The average Bonchev–Trinajstić information content (AvgIpc) is 1.59. The summed E-state index contributed by atoms with van der Waals surface area (Å²) in [6.07, 6.45) is 0. The molecule has 1 heterocycles. The van der Waals surface area contributed by atoms with Crippen LogP contribution in [0.4, 0.5) is 0 Å². The predicted molar refractivity (Wildman–Crippen MR) is 35.1 cm³/mol. The van der Waals surface area contributed by atoms with E-state index in [-0.39, 0.29) is 21.1 Å². The van der Waals surface area contributed by atoms with Crippen LogP contribution in [0.15, 0.2) is 0 Å². The van der Waals surface area contributed by atoms with Gasteiger partial charge in [0, 0.05) is 21.1 Å².